The second kappa shape index (κ2) is 10.7. The summed E-state index contributed by atoms with van der Waals surface area (Å²) < 4.78 is 5.78. The van der Waals surface area contributed by atoms with E-state index in [1.165, 1.54) is 5.56 Å². The first-order valence-corrected chi connectivity index (χ1v) is 7.96. The molecule has 2 rings (SSSR count). The predicted molar refractivity (Wildman–Crippen MR) is 99.8 cm³/mol. The Morgan fingerprint density at radius 3 is 2.67 bits per heavy atom. The summed E-state index contributed by atoms with van der Waals surface area (Å²) in [5, 5.41) is 2.89. The van der Waals surface area contributed by atoms with Crippen molar-refractivity contribution in [2.24, 2.45) is 5.73 Å². The molecule has 0 saturated carbocycles. The summed E-state index contributed by atoms with van der Waals surface area (Å²) in [4.78, 5) is 12.1. The monoisotopic (exact) mass is 348 g/mol. The summed E-state index contributed by atoms with van der Waals surface area (Å²) in [7, 11) is 0. The highest BCUT2D eigenvalue weighted by molar-refractivity contribution is 5.94. The van der Waals surface area contributed by atoms with Gasteiger partial charge in [0.15, 0.2) is 0 Å². The van der Waals surface area contributed by atoms with E-state index in [4.69, 9.17) is 10.5 Å². The van der Waals surface area contributed by atoms with Gasteiger partial charge in [0.1, 0.15) is 12.4 Å². The molecule has 0 aliphatic heterocycles. The summed E-state index contributed by atoms with van der Waals surface area (Å²) in [6.07, 6.45) is 1.81. The number of nitrogens with one attached hydrogen (secondary N) is 1. The van der Waals surface area contributed by atoms with Gasteiger partial charge in [0.25, 0.3) is 5.91 Å². The number of carbonyl (C=O) groups excluding carboxylic acids is 1. The number of benzene rings is 2. The molecule has 0 spiro atoms. The number of unbranched alkanes of at least 4 members (excludes halogenated alkanes) is 1. The molecule has 0 bridgehead atoms. The van der Waals surface area contributed by atoms with Crippen LogP contribution in [0.4, 0.5) is 0 Å². The zero-order valence-electron chi connectivity index (χ0n) is 14.0. The summed E-state index contributed by atoms with van der Waals surface area (Å²) >= 11 is 0. The van der Waals surface area contributed by atoms with Crippen LogP contribution in [-0.2, 0) is 6.61 Å². The molecule has 0 aliphatic rings. The minimum absolute atomic E-state index is 0. The van der Waals surface area contributed by atoms with Crippen LogP contribution in [0.5, 0.6) is 5.75 Å². The zero-order valence-corrected chi connectivity index (χ0v) is 14.8. The van der Waals surface area contributed by atoms with Gasteiger partial charge >= 0.3 is 0 Å². The molecule has 2 aromatic rings. The third-order valence-electron chi connectivity index (χ3n) is 3.50. The first-order chi connectivity index (χ1) is 11.2. The predicted octanol–water partition coefficient (Wildman–Crippen LogP) is 3.46. The molecular formula is C19H25ClN2O2. The number of aryl methyl sites for hydroxylation is 1. The van der Waals surface area contributed by atoms with E-state index in [0.717, 1.165) is 18.4 Å². The molecule has 1 amide bonds. The van der Waals surface area contributed by atoms with Crippen LogP contribution in [0, 0.1) is 6.92 Å². The molecule has 0 aromatic heterocycles. The molecule has 2 aromatic carbocycles. The number of halogens is 1. The Kier molecular flexibility index (Phi) is 8.90. The number of carbonyl (C=O) groups is 1. The maximum atomic E-state index is 12.1. The fourth-order valence-electron chi connectivity index (χ4n) is 2.27. The van der Waals surface area contributed by atoms with Crippen molar-refractivity contribution in [2.45, 2.75) is 26.4 Å². The minimum Gasteiger partial charge on any atom is -0.489 e. The third kappa shape index (κ3) is 6.60. The number of nitrogens with two attached hydrogens (primary N) is 1. The lowest BCUT2D eigenvalue weighted by atomic mass is 10.1. The average Bonchev–Trinajstić information content (AvgIpc) is 2.57. The van der Waals surface area contributed by atoms with Crippen molar-refractivity contribution in [1.29, 1.82) is 0 Å². The molecule has 0 unspecified atom stereocenters. The number of hydrogen-bond acceptors (Lipinski definition) is 3. The van der Waals surface area contributed by atoms with Crippen LogP contribution in [0.3, 0.4) is 0 Å². The van der Waals surface area contributed by atoms with Crippen molar-refractivity contribution in [1.82, 2.24) is 5.32 Å². The molecule has 0 saturated heterocycles. The van der Waals surface area contributed by atoms with Crippen molar-refractivity contribution in [3.05, 3.63) is 65.2 Å². The van der Waals surface area contributed by atoms with Gasteiger partial charge in [0, 0.05) is 12.1 Å². The van der Waals surface area contributed by atoms with Gasteiger partial charge in [-0.15, -0.1) is 12.4 Å². The van der Waals surface area contributed by atoms with Gasteiger partial charge in [-0.3, -0.25) is 4.79 Å². The number of rotatable bonds is 8. The SMILES string of the molecule is Cc1cccc(COc2cccc(C(=O)NCCCCN)c2)c1.Cl. The van der Waals surface area contributed by atoms with Gasteiger partial charge in [0.2, 0.25) is 0 Å². The van der Waals surface area contributed by atoms with Crippen LogP contribution in [0.1, 0.15) is 34.3 Å². The Labute approximate surface area is 149 Å². The maximum absolute atomic E-state index is 12.1. The highest BCUT2D eigenvalue weighted by atomic mass is 35.5. The van der Waals surface area contributed by atoms with Gasteiger partial charge in [-0.2, -0.15) is 0 Å². The topological polar surface area (TPSA) is 64.3 Å². The van der Waals surface area contributed by atoms with Gasteiger partial charge < -0.3 is 15.8 Å². The van der Waals surface area contributed by atoms with Gasteiger partial charge in [-0.25, -0.2) is 0 Å². The van der Waals surface area contributed by atoms with Crippen molar-refractivity contribution < 1.29 is 9.53 Å². The van der Waals surface area contributed by atoms with Crippen LogP contribution in [0.2, 0.25) is 0 Å². The second-order valence-corrected chi connectivity index (χ2v) is 5.56. The average molecular weight is 349 g/mol. The Morgan fingerprint density at radius 2 is 1.92 bits per heavy atom. The van der Waals surface area contributed by atoms with Crippen LogP contribution in [-0.4, -0.2) is 19.0 Å². The molecular weight excluding hydrogens is 324 g/mol. The van der Waals surface area contributed by atoms with E-state index >= 15 is 0 Å². The maximum Gasteiger partial charge on any atom is 0.251 e. The van der Waals surface area contributed by atoms with Crippen LogP contribution in [0.25, 0.3) is 0 Å². The minimum atomic E-state index is -0.0805. The van der Waals surface area contributed by atoms with Crippen LogP contribution >= 0.6 is 12.4 Å². The number of amides is 1. The first-order valence-electron chi connectivity index (χ1n) is 7.96. The number of ether oxygens (including phenoxy) is 1. The third-order valence-corrected chi connectivity index (χ3v) is 3.50. The van der Waals surface area contributed by atoms with E-state index in [1.807, 2.05) is 24.3 Å². The van der Waals surface area contributed by atoms with Crippen molar-refractivity contribution in [3.63, 3.8) is 0 Å². The standard InChI is InChI=1S/C19H24N2O2.ClH/c1-15-6-4-7-16(12-15)14-23-18-9-5-8-17(13-18)19(22)21-11-3-2-10-20;/h4-9,12-13H,2-3,10-11,14,20H2,1H3,(H,21,22);1H. The van der Waals surface area contributed by atoms with E-state index in [-0.39, 0.29) is 18.3 Å². The highest BCUT2D eigenvalue weighted by Crippen LogP contribution is 2.15. The normalized spacial score (nSPS) is 9.92. The quantitative estimate of drug-likeness (QED) is 0.718. The molecule has 0 atom stereocenters. The van der Waals surface area contributed by atoms with Crippen LogP contribution < -0.4 is 15.8 Å². The molecule has 130 valence electrons. The van der Waals surface area contributed by atoms with E-state index in [1.54, 1.807) is 12.1 Å². The van der Waals surface area contributed by atoms with E-state index in [9.17, 15) is 4.79 Å². The Bertz CT molecular complexity index is 647. The van der Waals surface area contributed by atoms with Crippen molar-refractivity contribution in [2.75, 3.05) is 13.1 Å². The Hall–Kier alpha value is -2.04. The van der Waals surface area contributed by atoms with E-state index in [2.05, 4.69) is 24.4 Å². The summed E-state index contributed by atoms with van der Waals surface area (Å²) in [6, 6.07) is 15.4. The molecule has 0 aliphatic carbocycles. The van der Waals surface area contributed by atoms with Gasteiger partial charge in [0.05, 0.1) is 0 Å². The Morgan fingerprint density at radius 1 is 1.12 bits per heavy atom. The van der Waals surface area contributed by atoms with Gasteiger partial charge in [-0.05, 0) is 50.1 Å². The van der Waals surface area contributed by atoms with Gasteiger partial charge in [-0.1, -0.05) is 35.9 Å². The zero-order chi connectivity index (χ0) is 16.5. The molecule has 0 fully saturated rings. The summed E-state index contributed by atoms with van der Waals surface area (Å²) in [5.41, 5.74) is 8.37. The van der Waals surface area contributed by atoms with E-state index in [0.29, 0.717) is 31.0 Å². The number of hydrogen-bond donors (Lipinski definition) is 2. The summed E-state index contributed by atoms with van der Waals surface area (Å²) in [5.74, 6) is 0.615. The van der Waals surface area contributed by atoms with Crippen molar-refractivity contribution in [3.8, 4) is 5.75 Å². The molecule has 24 heavy (non-hydrogen) atoms. The lowest BCUT2D eigenvalue weighted by Crippen LogP contribution is -2.24. The van der Waals surface area contributed by atoms with Crippen LogP contribution in [0.15, 0.2) is 48.5 Å². The molecule has 4 nitrogen and oxygen atoms in total. The smallest absolute Gasteiger partial charge is 0.251 e. The fourth-order valence-corrected chi connectivity index (χ4v) is 2.27. The molecule has 0 radical (unpaired) electrons. The first kappa shape index (κ1) is 20.0. The lowest BCUT2D eigenvalue weighted by molar-refractivity contribution is 0.0952. The Balaban J connectivity index is 0.00000288. The van der Waals surface area contributed by atoms with Crippen molar-refractivity contribution >= 4 is 18.3 Å². The summed E-state index contributed by atoms with van der Waals surface area (Å²) in [6.45, 7) is 3.84. The van der Waals surface area contributed by atoms with E-state index < -0.39 is 0 Å². The molecule has 5 heteroatoms. The second-order valence-electron chi connectivity index (χ2n) is 5.56. The molecule has 3 N–H and O–H groups in total. The molecule has 0 heterocycles. The highest BCUT2D eigenvalue weighted by Gasteiger charge is 2.06. The fraction of sp³-hybridized carbons (Fsp3) is 0.316. The largest absolute Gasteiger partial charge is 0.489 e. The lowest BCUT2D eigenvalue weighted by Gasteiger charge is -2.09.